The zero-order chi connectivity index (χ0) is 9.99. The lowest BCUT2D eigenvalue weighted by atomic mass is 10.3. The summed E-state index contributed by atoms with van der Waals surface area (Å²) in [5.41, 5.74) is 0. The topological polar surface area (TPSA) is 9.23 Å². The highest BCUT2D eigenvalue weighted by Crippen LogP contribution is 2.35. The van der Waals surface area contributed by atoms with Crippen LogP contribution in [0.3, 0.4) is 0 Å². The molecular weight excluding hydrogens is 305 g/mol. The number of rotatable bonds is 2. The second-order valence-electron chi connectivity index (χ2n) is 1.74. The van der Waals surface area contributed by atoms with Gasteiger partial charge in [-0.05, 0) is 0 Å². The molecule has 0 saturated heterocycles. The molecule has 0 atom stereocenters. The predicted molar refractivity (Wildman–Crippen MR) is 35.9 cm³/mol. The molecule has 0 N–H and O–H groups in total. The average Bonchev–Trinajstić information content (AvgIpc) is 1.77. The smallest absolute Gasteiger partial charge is 0.350 e. The van der Waals surface area contributed by atoms with Gasteiger partial charge in [0.05, 0.1) is 4.61 Å². The largest absolute Gasteiger partial charge is 0.423 e. The number of halogens is 7. The van der Waals surface area contributed by atoms with E-state index in [0.717, 1.165) is 0 Å². The Balaban J connectivity index is 4.45. The summed E-state index contributed by atoms with van der Waals surface area (Å²) in [7, 11) is 0. The van der Waals surface area contributed by atoms with Gasteiger partial charge in [-0.2, -0.15) is 26.3 Å². The minimum atomic E-state index is -5.40. The summed E-state index contributed by atoms with van der Waals surface area (Å²) in [6, 6.07) is 0. The standard InChI is InChI=1S/C4H3F6IO/c5-3(6,7)2(12-1-11)4(8,9)10/h2H,1H2. The van der Waals surface area contributed by atoms with E-state index < -0.39 is 23.1 Å². The van der Waals surface area contributed by atoms with Crippen LogP contribution in [0.2, 0.25) is 0 Å². The van der Waals surface area contributed by atoms with E-state index in [0.29, 0.717) is 0 Å². The number of ether oxygens (including phenoxy) is 1. The van der Waals surface area contributed by atoms with Gasteiger partial charge in [0.25, 0.3) is 0 Å². The molecule has 0 aliphatic carbocycles. The molecule has 0 unspecified atom stereocenters. The number of hydrogen-bond donors (Lipinski definition) is 0. The van der Waals surface area contributed by atoms with E-state index >= 15 is 0 Å². The van der Waals surface area contributed by atoms with Gasteiger partial charge in [0.2, 0.25) is 6.10 Å². The Morgan fingerprint density at radius 2 is 1.33 bits per heavy atom. The molecule has 0 saturated carbocycles. The summed E-state index contributed by atoms with van der Waals surface area (Å²) in [5.74, 6) is 0. The van der Waals surface area contributed by atoms with Gasteiger partial charge >= 0.3 is 12.4 Å². The average molecular weight is 308 g/mol. The van der Waals surface area contributed by atoms with Crippen molar-refractivity contribution in [3.63, 3.8) is 0 Å². The molecule has 12 heavy (non-hydrogen) atoms. The predicted octanol–water partition coefficient (Wildman–Crippen LogP) is 2.89. The summed E-state index contributed by atoms with van der Waals surface area (Å²) in [4.78, 5) is 0. The first kappa shape index (κ1) is 12.3. The van der Waals surface area contributed by atoms with Crippen molar-refractivity contribution in [3.8, 4) is 0 Å². The van der Waals surface area contributed by atoms with Crippen LogP contribution in [0, 0.1) is 0 Å². The Morgan fingerprint density at radius 1 is 1.00 bits per heavy atom. The lowest BCUT2D eigenvalue weighted by Gasteiger charge is -2.21. The molecule has 0 heterocycles. The third-order valence-corrected chi connectivity index (χ3v) is 1.18. The Morgan fingerprint density at radius 3 is 1.42 bits per heavy atom. The van der Waals surface area contributed by atoms with Gasteiger partial charge in [0.15, 0.2) is 0 Å². The molecule has 0 aromatic carbocycles. The van der Waals surface area contributed by atoms with Gasteiger partial charge in [-0.3, -0.25) is 0 Å². The van der Waals surface area contributed by atoms with Crippen molar-refractivity contribution in [3.05, 3.63) is 0 Å². The molecular formula is C4H3F6IO. The van der Waals surface area contributed by atoms with Crippen molar-refractivity contribution >= 4 is 22.6 Å². The molecule has 0 aliphatic rings. The summed E-state index contributed by atoms with van der Waals surface area (Å²) in [6.45, 7) is 0. The van der Waals surface area contributed by atoms with Crippen LogP contribution in [0.1, 0.15) is 0 Å². The van der Waals surface area contributed by atoms with Gasteiger partial charge in [-0.25, -0.2) is 0 Å². The molecule has 0 bridgehead atoms. The van der Waals surface area contributed by atoms with Crippen molar-refractivity contribution in [2.75, 3.05) is 4.61 Å². The molecule has 0 amide bonds. The Labute approximate surface area is 77.2 Å². The van der Waals surface area contributed by atoms with Crippen molar-refractivity contribution in [2.45, 2.75) is 18.5 Å². The van der Waals surface area contributed by atoms with Gasteiger partial charge in [-0.15, -0.1) is 0 Å². The van der Waals surface area contributed by atoms with Crippen molar-refractivity contribution in [1.29, 1.82) is 0 Å². The zero-order valence-electron chi connectivity index (χ0n) is 5.34. The summed E-state index contributed by atoms with van der Waals surface area (Å²) < 4.78 is 72.2. The van der Waals surface area contributed by atoms with E-state index in [2.05, 4.69) is 4.74 Å². The van der Waals surface area contributed by atoms with E-state index in [1.54, 1.807) is 0 Å². The zero-order valence-corrected chi connectivity index (χ0v) is 7.50. The van der Waals surface area contributed by atoms with Crippen LogP contribution < -0.4 is 0 Å². The third-order valence-electron chi connectivity index (χ3n) is 0.824. The van der Waals surface area contributed by atoms with Crippen LogP contribution in [-0.4, -0.2) is 23.1 Å². The molecule has 0 aliphatic heterocycles. The minimum absolute atomic E-state index is 0.665. The molecule has 8 heteroatoms. The van der Waals surface area contributed by atoms with Gasteiger partial charge in [-0.1, -0.05) is 22.6 Å². The van der Waals surface area contributed by atoms with E-state index in [4.69, 9.17) is 0 Å². The maximum Gasteiger partial charge on any atom is 0.423 e. The molecule has 0 spiro atoms. The minimum Gasteiger partial charge on any atom is -0.350 e. The fourth-order valence-electron chi connectivity index (χ4n) is 0.438. The molecule has 74 valence electrons. The van der Waals surface area contributed by atoms with Crippen LogP contribution >= 0.6 is 22.6 Å². The third kappa shape index (κ3) is 3.78. The van der Waals surface area contributed by atoms with Crippen LogP contribution in [0.15, 0.2) is 0 Å². The highest BCUT2D eigenvalue weighted by atomic mass is 127. The second kappa shape index (κ2) is 3.99. The SMILES string of the molecule is FC(F)(F)C(OCI)C(F)(F)F. The molecule has 0 rings (SSSR count). The van der Waals surface area contributed by atoms with E-state index in [1.165, 1.54) is 22.6 Å². The number of hydrogen-bond acceptors (Lipinski definition) is 1. The highest BCUT2D eigenvalue weighted by Gasteiger charge is 2.57. The van der Waals surface area contributed by atoms with Crippen LogP contribution in [0.5, 0.6) is 0 Å². The van der Waals surface area contributed by atoms with E-state index in [1.807, 2.05) is 0 Å². The van der Waals surface area contributed by atoms with Crippen molar-refractivity contribution < 1.29 is 31.1 Å². The first-order chi connectivity index (χ1) is 5.19. The fourth-order valence-corrected chi connectivity index (χ4v) is 0.797. The molecule has 0 aromatic rings. The monoisotopic (exact) mass is 308 g/mol. The van der Waals surface area contributed by atoms with Gasteiger partial charge in [0.1, 0.15) is 0 Å². The van der Waals surface area contributed by atoms with E-state index in [-0.39, 0.29) is 0 Å². The molecule has 0 fully saturated rings. The lowest BCUT2D eigenvalue weighted by molar-refractivity contribution is -0.316. The molecule has 0 aromatic heterocycles. The second-order valence-corrected chi connectivity index (χ2v) is 2.36. The lowest BCUT2D eigenvalue weighted by Crippen LogP contribution is -2.44. The summed E-state index contributed by atoms with van der Waals surface area (Å²) in [6.07, 6.45) is -14.5. The summed E-state index contributed by atoms with van der Waals surface area (Å²) >= 11 is 1.26. The fraction of sp³-hybridized carbons (Fsp3) is 1.00. The normalized spacial score (nSPS) is 14.0. The van der Waals surface area contributed by atoms with Crippen molar-refractivity contribution in [2.24, 2.45) is 0 Å². The Kier molecular flexibility index (Phi) is 4.08. The summed E-state index contributed by atoms with van der Waals surface area (Å²) in [5, 5.41) is 0. The quantitative estimate of drug-likeness (QED) is 0.433. The Hall–Kier alpha value is 0.270. The van der Waals surface area contributed by atoms with Gasteiger partial charge < -0.3 is 4.74 Å². The maximum absolute atomic E-state index is 11.6. The van der Waals surface area contributed by atoms with Crippen LogP contribution in [0.25, 0.3) is 0 Å². The van der Waals surface area contributed by atoms with Crippen LogP contribution in [-0.2, 0) is 4.74 Å². The molecule has 1 nitrogen and oxygen atoms in total. The maximum atomic E-state index is 11.6. The van der Waals surface area contributed by atoms with E-state index in [9.17, 15) is 26.3 Å². The highest BCUT2D eigenvalue weighted by molar-refractivity contribution is 14.1. The van der Waals surface area contributed by atoms with Gasteiger partial charge in [0, 0.05) is 0 Å². The first-order valence-electron chi connectivity index (χ1n) is 2.50. The number of alkyl halides is 7. The Bertz CT molecular complexity index is 125. The van der Waals surface area contributed by atoms with Crippen LogP contribution in [0.4, 0.5) is 26.3 Å². The van der Waals surface area contributed by atoms with Crippen molar-refractivity contribution in [1.82, 2.24) is 0 Å². The molecule has 0 radical (unpaired) electrons. The first-order valence-corrected chi connectivity index (χ1v) is 4.03.